The Hall–Kier alpha value is -4.60. The number of unbranched alkanes of at least 4 members (excludes halogenated alkanes) is 7. The molecule has 0 bridgehead atoms. The highest BCUT2D eigenvalue weighted by Crippen LogP contribution is 2.55. The van der Waals surface area contributed by atoms with Gasteiger partial charge in [0, 0.05) is 142 Å². The quantitative estimate of drug-likeness (QED) is 0.00526. The molecule has 9 rings (SSSR count). The van der Waals surface area contributed by atoms with Gasteiger partial charge < -0.3 is 28.8 Å². The Bertz CT molecular complexity index is 6530. The number of rotatable bonds is 49. The topological polar surface area (TPSA) is 527 Å². The summed E-state index contributed by atoms with van der Waals surface area (Å²) in [6.07, 6.45) is 34.7. The third-order valence-corrected chi connectivity index (χ3v) is 40.2. The maximum atomic E-state index is 13.0. The Labute approximate surface area is 895 Å². The van der Waals surface area contributed by atoms with Crippen molar-refractivity contribution in [2.75, 3.05) is 53.3 Å². The summed E-state index contributed by atoms with van der Waals surface area (Å²) in [7, 11) is -33.9. The number of nitrogens with zero attached hydrogens (tertiary/aromatic N) is 4. The summed E-state index contributed by atoms with van der Waals surface area (Å²) in [5.41, 5.74) is 9.21. The fourth-order valence-corrected chi connectivity index (χ4v) is 27.0. The standard InChI is InChI=1S/C42H53I3N2O14S4.C30H37NO6S2.C19H24I3NO5S.CH4.O3S/c1-4-16-36(65(59,60)61)47-32-21-20-29(64(56,57)58)27-30(32)41(2,22-13-14-25-62(50,51)52)35(47)18-10-7-5-6-9-17-34-42(3,23-12-8-11-19-37(48)49)38-33(28-31(43)39(44)40(38)45)46(34)24-15-26-63(53,54)55;1-30(22-12-14-24-38(32,33)34)27-19-10-11-20-28(27)31(23-13-15-25-39(35,36)37)29(30)21-9-4-2-3-6-16-26-17-7-5-8-18-26;1-12-19(2,8-5-3-4-7-15(24)25)16-14(11-13(20)17(21)18(16)22)23(12)9-6-10-29(26,27)28;;1-4(2)3/h5-7,9-10,17-18,20-21,27-28,36H,4,8,11-16,19,22-26H2,1-3H3,(H4-,48,49,50,51,52,53,54,55,56,57,58,59,60,61);2-11,17-21H,12-16,22-25H2,1H3,(H-,32,33,34,35,36,37);11H,3-10H2,1-2H3,(H-,24,25,26,27,28);1H4;/b;4-2+,6-3+,21-9+;;;. The molecule has 5 unspecified atom stereocenters. The van der Waals surface area contributed by atoms with Gasteiger partial charge in [0.25, 0.3) is 35.7 Å². The molecular formula is C92H118I6N4O28S8. The van der Waals surface area contributed by atoms with Crippen molar-refractivity contribution in [1.29, 1.82) is 0 Å². The molecule has 0 saturated heterocycles. The summed E-state index contributed by atoms with van der Waals surface area (Å²) in [5, 5.41) is 16.5. The summed E-state index contributed by atoms with van der Waals surface area (Å²) in [5.74, 6) is -3.64. The number of carboxylic acid groups (broad SMARTS) is 2. The predicted molar refractivity (Wildman–Crippen MR) is 583 cm³/mol. The Morgan fingerprint density at radius 3 is 1.46 bits per heavy atom. The van der Waals surface area contributed by atoms with Crippen LogP contribution in [0, 0.1) is 21.4 Å². The lowest BCUT2D eigenvalue weighted by Gasteiger charge is -2.31. The summed E-state index contributed by atoms with van der Waals surface area (Å²) in [4.78, 5) is 23.5. The van der Waals surface area contributed by atoms with Crippen molar-refractivity contribution < 1.29 is 137 Å². The fraction of sp³-hybridized carbons (Fsp3) is 0.467. The number of benzene rings is 5. The number of hydrogen-bond acceptors (Lipinski definition) is 23. The molecule has 5 aromatic carbocycles. The zero-order chi connectivity index (χ0) is 103. The van der Waals surface area contributed by atoms with Crippen LogP contribution in [0.1, 0.15) is 218 Å². The second-order valence-electron chi connectivity index (χ2n) is 34.0. The van der Waals surface area contributed by atoms with Crippen molar-refractivity contribution in [3.63, 3.8) is 0 Å². The molecule has 5 aromatic rings. The van der Waals surface area contributed by atoms with E-state index in [-0.39, 0.29) is 99.9 Å². The van der Waals surface area contributed by atoms with E-state index >= 15 is 0 Å². The molecule has 32 nitrogen and oxygen atoms in total. The minimum Gasteiger partial charge on any atom is -0.748 e. The molecule has 46 heteroatoms. The van der Waals surface area contributed by atoms with Crippen molar-refractivity contribution in [3.05, 3.63) is 219 Å². The molecular weight excluding hydrogens is 2630 g/mol. The molecule has 764 valence electrons. The van der Waals surface area contributed by atoms with Crippen LogP contribution in [0.3, 0.4) is 0 Å². The van der Waals surface area contributed by atoms with Crippen LogP contribution < -0.4 is 4.90 Å². The molecule has 4 aliphatic rings. The first-order chi connectivity index (χ1) is 63.7. The Morgan fingerprint density at radius 2 is 0.928 bits per heavy atom. The smallest absolute Gasteiger partial charge is 0.425 e. The van der Waals surface area contributed by atoms with E-state index in [1.54, 1.807) is 44.2 Å². The maximum absolute atomic E-state index is 13.0. The third-order valence-electron chi connectivity index (χ3n) is 24.0. The lowest BCUT2D eigenvalue weighted by atomic mass is 9.75. The van der Waals surface area contributed by atoms with Crippen molar-refractivity contribution in [1.82, 2.24) is 0 Å². The molecule has 0 spiro atoms. The van der Waals surface area contributed by atoms with E-state index in [4.69, 9.17) is 22.3 Å². The molecule has 0 amide bonds. The molecule has 0 saturated carbocycles. The van der Waals surface area contributed by atoms with Gasteiger partial charge in [0.1, 0.15) is 23.2 Å². The first-order valence-corrected chi connectivity index (χ1v) is 62.0. The number of hydrogen-bond donors (Lipinski definition) is 6. The third kappa shape index (κ3) is 37.4. The Balaban J connectivity index is 0.000000389. The number of carbonyl (C=O) groups is 2. The second-order valence-corrected chi connectivity index (χ2v) is 51.8. The van der Waals surface area contributed by atoms with E-state index < -0.39 is 137 Å². The average molecular weight is 2750 g/mol. The van der Waals surface area contributed by atoms with Gasteiger partial charge in [-0.25, -0.2) is 25.3 Å². The number of allylic oxidation sites excluding steroid dienone is 14. The maximum Gasteiger partial charge on any atom is 0.425 e. The summed E-state index contributed by atoms with van der Waals surface area (Å²) in [6, 6.07) is 26.0. The second kappa shape index (κ2) is 55.3. The molecule has 138 heavy (non-hydrogen) atoms. The van der Waals surface area contributed by atoms with Crippen molar-refractivity contribution in [2.45, 2.75) is 229 Å². The molecule has 0 radical (unpaired) electrons. The number of carboxylic acids is 2. The molecule has 6 N–H and O–H groups in total. The molecule has 0 aromatic heterocycles. The van der Waals surface area contributed by atoms with Gasteiger partial charge >= 0.3 is 32.7 Å². The lowest BCUT2D eigenvalue weighted by Crippen LogP contribution is -2.37. The zero-order valence-corrected chi connectivity index (χ0v) is 95.6. The van der Waals surface area contributed by atoms with Crippen LogP contribution >= 0.6 is 136 Å². The highest BCUT2D eigenvalue weighted by Gasteiger charge is 2.54. The molecule has 0 fully saturated rings. The molecule has 0 aliphatic carbocycles. The summed E-state index contributed by atoms with van der Waals surface area (Å²) >= 11 is 14.0. The Morgan fingerprint density at radius 1 is 0.471 bits per heavy atom. The van der Waals surface area contributed by atoms with Gasteiger partial charge in [0.15, 0.2) is 17.1 Å². The Kier molecular flexibility index (Phi) is 49.6. The fourth-order valence-electron chi connectivity index (χ4n) is 17.5. The lowest BCUT2D eigenvalue weighted by molar-refractivity contribution is -0.458. The van der Waals surface area contributed by atoms with E-state index in [0.717, 1.165) is 97.8 Å². The SMILES string of the molecule is C.CC1(CCCCS(=O)(=O)O)C(/C=C/C=C/C=C/Cc2ccccc2)=[N+](CCCCS(=O)(=O)[O-])c2ccccc21.CC1=[N+](CCCS(=O)(=O)[O-])c2cc(I)c(I)c(I)c2C1(C)CCCCCC(=O)O.CCCC([N+]1=C(C=CC=CC=CC=C2N(CCCS(=O)(=O)O)c3cc(I)c(I)c(I)c3C2(C)CCCCCC(=O)O)C(C)(CCCCS(=O)(=O)O)c2cc(S(=O)(=O)[O-])ccc21)S(=O)(=O)O.O=S(=O)=O. The van der Waals surface area contributed by atoms with Crippen LogP contribution in [0.4, 0.5) is 22.7 Å². The van der Waals surface area contributed by atoms with Crippen LogP contribution in [0.5, 0.6) is 0 Å². The van der Waals surface area contributed by atoms with Crippen LogP contribution in [0.25, 0.3) is 0 Å². The van der Waals surface area contributed by atoms with Crippen molar-refractivity contribution in [3.8, 4) is 0 Å². The monoisotopic (exact) mass is 2740 g/mol. The van der Waals surface area contributed by atoms with Crippen LogP contribution in [-0.2, 0) is 119 Å². The first-order valence-electron chi connectivity index (χ1n) is 43.6. The van der Waals surface area contributed by atoms with Gasteiger partial charge in [-0.15, -0.1) is 12.6 Å². The summed E-state index contributed by atoms with van der Waals surface area (Å²) in [6.45, 7) is 13.3. The number of aliphatic carboxylic acids is 2. The van der Waals surface area contributed by atoms with Gasteiger partial charge in [0.2, 0.25) is 17.1 Å². The van der Waals surface area contributed by atoms with Gasteiger partial charge in [-0.2, -0.15) is 47.4 Å². The predicted octanol–water partition coefficient (Wildman–Crippen LogP) is 18.3. The van der Waals surface area contributed by atoms with Gasteiger partial charge in [0.05, 0.1) is 64.2 Å². The molecule has 4 aliphatic heterocycles. The summed E-state index contributed by atoms with van der Waals surface area (Å²) < 4.78 is 274. The van der Waals surface area contributed by atoms with Crippen molar-refractivity contribution >= 4 is 269 Å². The van der Waals surface area contributed by atoms with E-state index in [1.807, 2.05) is 72.9 Å². The van der Waals surface area contributed by atoms with E-state index in [9.17, 15) is 101 Å². The van der Waals surface area contributed by atoms with Gasteiger partial charge in [-0.3, -0.25) is 27.8 Å². The number of halogens is 6. The van der Waals surface area contributed by atoms with Gasteiger partial charge in [-0.05, 0) is 270 Å². The van der Waals surface area contributed by atoms with E-state index in [0.29, 0.717) is 76.6 Å². The van der Waals surface area contributed by atoms with Gasteiger partial charge in [-0.1, -0.05) is 162 Å². The van der Waals surface area contributed by atoms with Crippen LogP contribution in [0.15, 0.2) is 175 Å². The zero-order valence-electron chi connectivity index (χ0n) is 76.1. The minimum atomic E-state index is -4.96. The first kappa shape index (κ1) is 124. The van der Waals surface area contributed by atoms with Crippen LogP contribution in [-0.4, -0.2) is 210 Å². The number of anilines is 1. The van der Waals surface area contributed by atoms with Crippen LogP contribution in [0.2, 0.25) is 0 Å². The van der Waals surface area contributed by atoms with Crippen molar-refractivity contribution in [2.24, 2.45) is 0 Å². The number of para-hydroxylation sites is 1. The average Bonchev–Trinajstić information content (AvgIpc) is 1.59. The van der Waals surface area contributed by atoms with E-state index in [1.165, 1.54) is 35.0 Å². The highest BCUT2D eigenvalue weighted by molar-refractivity contribution is 14.1. The normalized spacial score (nSPS) is 18.9. The molecule has 5 atom stereocenters. The molecule has 4 heterocycles. The number of fused-ring (bicyclic) bond motifs is 4. The largest absolute Gasteiger partial charge is 0.748 e. The minimum absolute atomic E-state index is 0. The highest BCUT2D eigenvalue weighted by atomic mass is 127. The van der Waals surface area contributed by atoms with E-state index in [2.05, 4.69) is 220 Å².